The lowest BCUT2D eigenvalue weighted by atomic mass is 10.1. The number of rotatable bonds is 4. The van der Waals surface area contributed by atoms with E-state index in [0.717, 1.165) is 19.4 Å². The summed E-state index contributed by atoms with van der Waals surface area (Å²) in [6.45, 7) is 5.27. The van der Waals surface area contributed by atoms with Gasteiger partial charge in [-0.2, -0.15) is 0 Å². The topological polar surface area (TPSA) is 46.2 Å². The van der Waals surface area contributed by atoms with E-state index < -0.39 is 9.84 Å². The third-order valence-electron chi connectivity index (χ3n) is 2.68. The van der Waals surface area contributed by atoms with E-state index >= 15 is 0 Å². The lowest BCUT2D eigenvalue weighted by Crippen LogP contribution is -2.33. The van der Waals surface area contributed by atoms with Gasteiger partial charge in [0.15, 0.2) is 9.84 Å². The van der Waals surface area contributed by atoms with E-state index in [1.165, 1.54) is 0 Å². The van der Waals surface area contributed by atoms with Crippen LogP contribution >= 0.6 is 0 Å². The molecule has 1 N–H and O–H groups in total. The molecule has 0 bridgehead atoms. The zero-order chi connectivity index (χ0) is 9.90. The average molecular weight is 205 g/mol. The van der Waals surface area contributed by atoms with Gasteiger partial charge in [-0.05, 0) is 18.9 Å². The van der Waals surface area contributed by atoms with Gasteiger partial charge >= 0.3 is 0 Å². The molecule has 0 radical (unpaired) electrons. The van der Waals surface area contributed by atoms with Crippen LogP contribution in [0, 0.1) is 5.92 Å². The van der Waals surface area contributed by atoms with Crippen molar-refractivity contribution in [2.45, 2.75) is 32.7 Å². The second-order valence-electron chi connectivity index (χ2n) is 4.02. The maximum Gasteiger partial charge on any atom is 0.151 e. The van der Waals surface area contributed by atoms with Crippen molar-refractivity contribution in [1.82, 2.24) is 5.32 Å². The largest absolute Gasteiger partial charge is 0.313 e. The fourth-order valence-corrected chi connectivity index (χ4v) is 3.18. The Morgan fingerprint density at radius 1 is 1.54 bits per heavy atom. The first-order valence-electron chi connectivity index (χ1n) is 4.97. The lowest BCUT2D eigenvalue weighted by Gasteiger charge is -2.14. The number of hydrogen-bond donors (Lipinski definition) is 1. The van der Waals surface area contributed by atoms with Crippen LogP contribution < -0.4 is 5.32 Å². The first-order chi connectivity index (χ1) is 6.03. The van der Waals surface area contributed by atoms with Crippen LogP contribution in [0.3, 0.4) is 0 Å². The zero-order valence-corrected chi connectivity index (χ0v) is 9.23. The summed E-state index contributed by atoms with van der Waals surface area (Å²) < 4.78 is 22.2. The highest BCUT2D eigenvalue weighted by Crippen LogP contribution is 2.11. The van der Waals surface area contributed by atoms with Crippen molar-refractivity contribution in [3.8, 4) is 0 Å². The standard InChI is InChI=1S/C9H19NO2S/c1-3-8(2)6-10-9-4-5-13(11,12)7-9/h8-10H,3-7H2,1-2H3/t8-,9+/m0/s1. The van der Waals surface area contributed by atoms with Crippen molar-refractivity contribution in [2.75, 3.05) is 18.1 Å². The van der Waals surface area contributed by atoms with Crippen LogP contribution in [-0.4, -0.2) is 32.5 Å². The molecule has 0 aromatic heterocycles. The molecule has 0 aromatic rings. The highest BCUT2D eigenvalue weighted by molar-refractivity contribution is 7.91. The molecule has 1 aliphatic rings. The summed E-state index contributed by atoms with van der Waals surface area (Å²) in [5, 5.41) is 3.31. The maximum atomic E-state index is 11.1. The van der Waals surface area contributed by atoms with Crippen molar-refractivity contribution >= 4 is 9.84 Å². The molecule has 2 atom stereocenters. The average Bonchev–Trinajstić information content (AvgIpc) is 2.41. The molecule has 1 fully saturated rings. The molecular weight excluding hydrogens is 186 g/mol. The number of sulfone groups is 1. The first-order valence-corrected chi connectivity index (χ1v) is 6.79. The van der Waals surface area contributed by atoms with Crippen LogP contribution in [0.1, 0.15) is 26.7 Å². The van der Waals surface area contributed by atoms with Crippen molar-refractivity contribution in [3.05, 3.63) is 0 Å². The molecule has 1 saturated heterocycles. The minimum absolute atomic E-state index is 0.207. The van der Waals surface area contributed by atoms with Gasteiger partial charge in [-0.3, -0.25) is 0 Å². The Kier molecular flexibility index (Phi) is 3.74. The minimum Gasteiger partial charge on any atom is -0.313 e. The molecule has 0 saturated carbocycles. The third-order valence-corrected chi connectivity index (χ3v) is 4.45. The Balaban J connectivity index is 2.25. The van der Waals surface area contributed by atoms with E-state index in [2.05, 4.69) is 19.2 Å². The summed E-state index contributed by atoms with van der Waals surface area (Å²) in [4.78, 5) is 0. The van der Waals surface area contributed by atoms with Gasteiger partial charge in [-0.25, -0.2) is 8.42 Å². The Morgan fingerprint density at radius 2 is 2.23 bits per heavy atom. The molecule has 0 aliphatic carbocycles. The third kappa shape index (κ3) is 3.65. The van der Waals surface area contributed by atoms with Crippen LogP contribution in [0.2, 0.25) is 0 Å². The molecule has 0 amide bonds. The lowest BCUT2D eigenvalue weighted by molar-refractivity contribution is 0.456. The molecule has 78 valence electrons. The summed E-state index contributed by atoms with van der Waals surface area (Å²) in [6, 6.07) is 0.207. The van der Waals surface area contributed by atoms with Gasteiger partial charge in [0.05, 0.1) is 11.5 Å². The molecule has 0 aromatic carbocycles. The summed E-state index contributed by atoms with van der Waals surface area (Å²) >= 11 is 0. The molecular formula is C9H19NO2S. The molecule has 1 rings (SSSR count). The predicted octanol–water partition coefficient (Wildman–Crippen LogP) is 0.809. The second kappa shape index (κ2) is 4.42. The fourth-order valence-electron chi connectivity index (χ4n) is 1.47. The Bertz CT molecular complexity index is 248. The molecule has 13 heavy (non-hydrogen) atoms. The Labute approximate surface area is 80.8 Å². The van der Waals surface area contributed by atoms with Crippen LogP contribution in [0.4, 0.5) is 0 Å². The van der Waals surface area contributed by atoms with Gasteiger partial charge < -0.3 is 5.32 Å². The summed E-state index contributed by atoms with van der Waals surface area (Å²) in [5.41, 5.74) is 0. The normalized spacial score (nSPS) is 28.9. The SMILES string of the molecule is CC[C@H](C)CN[C@@H]1CCS(=O)(=O)C1. The van der Waals surface area contributed by atoms with E-state index in [1.807, 2.05) is 0 Å². The van der Waals surface area contributed by atoms with E-state index in [0.29, 0.717) is 17.4 Å². The van der Waals surface area contributed by atoms with Gasteiger partial charge in [0.25, 0.3) is 0 Å². The van der Waals surface area contributed by atoms with Gasteiger partial charge in [0, 0.05) is 6.04 Å². The second-order valence-corrected chi connectivity index (χ2v) is 6.25. The molecule has 3 nitrogen and oxygen atoms in total. The number of nitrogens with one attached hydrogen (secondary N) is 1. The van der Waals surface area contributed by atoms with Gasteiger partial charge in [0.1, 0.15) is 0 Å². The van der Waals surface area contributed by atoms with Gasteiger partial charge in [-0.15, -0.1) is 0 Å². The highest BCUT2D eigenvalue weighted by Gasteiger charge is 2.27. The smallest absolute Gasteiger partial charge is 0.151 e. The quantitative estimate of drug-likeness (QED) is 0.739. The fraction of sp³-hybridized carbons (Fsp3) is 1.00. The van der Waals surface area contributed by atoms with Gasteiger partial charge in [0.2, 0.25) is 0 Å². The highest BCUT2D eigenvalue weighted by atomic mass is 32.2. The van der Waals surface area contributed by atoms with Crippen molar-refractivity contribution < 1.29 is 8.42 Å². The summed E-state index contributed by atoms with van der Waals surface area (Å²) in [6.07, 6.45) is 1.94. The molecule has 0 spiro atoms. The molecule has 1 heterocycles. The van der Waals surface area contributed by atoms with E-state index in [1.54, 1.807) is 0 Å². The van der Waals surface area contributed by atoms with Crippen LogP contribution in [0.5, 0.6) is 0 Å². The van der Waals surface area contributed by atoms with Crippen LogP contribution in [-0.2, 0) is 9.84 Å². The van der Waals surface area contributed by atoms with Crippen molar-refractivity contribution in [1.29, 1.82) is 0 Å². The predicted molar refractivity (Wildman–Crippen MR) is 54.5 cm³/mol. The van der Waals surface area contributed by atoms with Crippen LogP contribution in [0.25, 0.3) is 0 Å². The Morgan fingerprint density at radius 3 is 2.69 bits per heavy atom. The summed E-state index contributed by atoms with van der Waals surface area (Å²) in [5.74, 6) is 1.34. The summed E-state index contributed by atoms with van der Waals surface area (Å²) in [7, 11) is -2.71. The van der Waals surface area contributed by atoms with E-state index in [9.17, 15) is 8.42 Å². The molecule has 4 heteroatoms. The first kappa shape index (κ1) is 11.0. The monoisotopic (exact) mass is 205 g/mol. The van der Waals surface area contributed by atoms with Crippen molar-refractivity contribution in [2.24, 2.45) is 5.92 Å². The number of hydrogen-bond acceptors (Lipinski definition) is 3. The van der Waals surface area contributed by atoms with E-state index in [4.69, 9.17) is 0 Å². The molecule has 0 unspecified atom stereocenters. The maximum absolute atomic E-state index is 11.1. The van der Waals surface area contributed by atoms with Crippen LogP contribution in [0.15, 0.2) is 0 Å². The molecule has 1 aliphatic heterocycles. The van der Waals surface area contributed by atoms with Crippen molar-refractivity contribution in [3.63, 3.8) is 0 Å². The Hall–Kier alpha value is -0.0900. The zero-order valence-electron chi connectivity index (χ0n) is 8.41. The van der Waals surface area contributed by atoms with Gasteiger partial charge in [-0.1, -0.05) is 20.3 Å². The minimum atomic E-state index is -2.71. The van der Waals surface area contributed by atoms with E-state index in [-0.39, 0.29) is 6.04 Å².